The van der Waals surface area contributed by atoms with Crippen LogP contribution in [-0.2, 0) is 4.43 Å². The molecule has 3 aromatic rings. The lowest BCUT2D eigenvalue weighted by atomic mass is 9.95. The molecule has 0 aliphatic carbocycles. The van der Waals surface area contributed by atoms with Crippen LogP contribution in [0.15, 0.2) is 82.0 Å². The third-order valence-corrected chi connectivity index (χ3v) is 10.5. The minimum Gasteiger partial charge on any atom is -0.428 e. The molecule has 0 bridgehead atoms. The van der Waals surface area contributed by atoms with Crippen molar-refractivity contribution >= 4 is 14.0 Å². The summed E-state index contributed by atoms with van der Waals surface area (Å²) in [5, 5.41) is 3.65. The third kappa shape index (κ3) is 5.74. The first kappa shape index (κ1) is 23.0. The van der Waals surface area contributed by atoms with E-state index in [9.17, 15) is 4.79 Å². The summed E-state index contributed by atoms with van der Waals surface area (Å²) >= 11 is 0. The third-order valence-electron chi connectivity index (χ3n) is 6.03. The van der Waals surface area contributed by atoms with Crippen molar-refractivity contribution in [2.45, 2.75) is 58.0 Å². The Bertz CT molecular complexity index is 1040. The van der Waals surface area contributed by atoms with Crippen LogP contribution in [0.2, 0.25) is 18.1 Å². The molecule has 3 rings (SSSR count). The maximum atomic E-state index is 12.0. The van der Waals surface area contributed by atoms with Crippen molar-refractivity contribution in [2.24, 2.45) is 0 Å². The van der Waals surface area contributed by atoms with E-state index in [-0.39, 0.29) is 22.8 Å². The maximum absolute atomic E-state index is 12.0. The van der Waals surface area contributed by atoms with Crippen molar-refractivity contribution in [1.29, 1.82) is 0 Å². The standard InChI is InChI=1S/C26H33NO3Si/c1-19-17-22(18-23(28)29-19)27-24(20-13-9-7-10-14-20)25(21-15-11-8-12-16-21)30-31(5,6)26(2,3)4/h7-18,24-25,27H,1-6H3/t24-,25+/m0/s1. The number of anilines is 1. The number of aryl methyl sites for hydroxylation is 1. The highest BCUT2D eigenvalue weighted by Crippen LogP contribution is 2.44. The SMILES string of the molecule is Cc1cc(N[C@@H](c2ccccc2)[C@H](O[Si](C)(C)C(C)(C)C)c2ccccc2)cc(=O)o1. The van der Waals surface area contributed by atoms with Gasteiger partial charge in [-0.1, -0.05) is 81.4 Å². The van der Waals surface area contributed by atoms with E-state index in [4.69, 9.17) is 8.84 Å². The van der Waals surface area contributed by atoms with E-state index in [1.807, 2.05) is 42.5 Å². The monoisotopic (exact) mass is 435 g/mol. The van der Waals surface area contributed by atoms with Crippen LogP contribution in [0.3, 0.4) is 0 Å². The van der Waals surface area contributed by atoms with Crippen LogP contribution in [0.5, 0.6) is 0 Å². The smallest absolute Gasteiger partial charge is 0.337 e. The molecule has 1 N–H and O–H groups in total. The molecular formula is C26H33NO3Si. The topological polar surface area (TPSA) is 51.5 Å². The molecule has 164 valence electrons. The zero-order valence-electron chi connectivity index (χ0n) is 19.3. The van der Waals surface area contributed by atoms with E-state index < -0.39 is 8.32 Å². The molecule has 0 saturated heterocycles. The van der Waals surface area contributed by atoms with E-state index in [0.29, 0.717) is 5.76 Å². The Labute approximate surface area is 186 Å². The Hall–Kier alpha value is -2.63. The fourth-order valence-electron chi connectivity index (χ4n) is 3.33. The Kier molecular flexibility index (Phi) is 6.87. The summed E-state index contributed by atoms with van der Waals surface area (Å²) in [6, 6.07) is 23.8. The van der Waals surface area contributed by atoms with Gasteiger partial charge in [0.25, 0.3) is 0 Å². The minimum atomic E-state index is -2.11. The fraction of sp³-hybridized carbons (Fsp3) is 0.346. The Balaban J connectivity index is 2.11. The van der Waals surface area contributed by atoms with Crippen LogP contribution in [0, 0.1) is 6.92 Å². The lowest BCUT2D eigenvalue weighted by Crippen LogP contribution is -2.43. The largest absolute Gasteiger partial charge is 0.428 e. The van der Waals surface area contributed by atoms with Crippen LogP contribution >= 0.6 is 0 Å². The molecular weight excluding hydrogens is 402 g/mol. The van der Waals surface area contributed by atoms with Gasteiger partial charge < -0.3 is 14.2 Å². The predicted molar refractivity (Wildman–Crippen MR) is 130 cm³/mol. The zero-order chi connectivity index (χ0) is 22.6. The number of benzene rings is 2. The predicted octanol–water partition coefficient (Wildman–Crippen LogP) is 6.86. The highest BCUT2D eigenvalue weighted by molar-refractivity contribution is 6.74. The molecule has 0 radical (unpaired) electrons. The normalized spacial score (nSPS) is 14.1. The molecule has 0 fully saturated rings. The molecule has 0 aliphatic heterocycles. The van der Waals surface area contributed by atoms with Gasteiger partial charge in [0, 0.05) is 11.8 Å². The Morgan fingerprint density at radius 2 is 1.45 bits per heavy atom. The Morgan fingerprint density at radius 1 is 0.903 bits per heavy atom. The fourth-order valence-corrected chi connectivity index (χ4v) is 4.59. The van der Waals surface area contributed by atoms with Gasteiger partial charge in [-0.3, -0.25) is 0 Å². The van der Waals surface area contributed by atoms with Crippen LogP contribution in [-0.4, -0.2) is 8.32 Å². The highest BCUT2D eigenvalue weighted by Gasteiger charge is 2.41. The molecule has 5 heteroatoms. The van der Waals surface area contributed by atoms with E-state index >= 15 is 0 Å². The summed E-state index contributed by atoms with van der Waals surface area (Å²) in [4.78, 5) is 12.0. The van der Waals surface area contributed by atoms with Gasteiger partial charge in [-0.05, 0) is 42.2 Å². The maximum Gasteiger partial charge on any atom is 0.337 e. The lowest BCUT2D eigenvalue weighted by molar-refractivity contribution is 0.162. The van der Waals surface area contributed by atoms with Crippen LogP contribution < -0.4 is 10.9 Å². The van der Waals surface area contributed by atoms with Gasteiger partial charge in [0.2, 0.25) is 0 Å². The van der Waals surface area contributed by atoms with Crippen molar-refractivity contribution in [2.75, 3.05) is 5.32 Å². The van der Waals surface area contributed by atoms with Crippen molar-refractivity contribution in [1.82, 2.24) is 0 Å². The van der Waals surface area contributed by atoms with Crippen molar-refractivity contribution < 1.29 is 8.84 Å². The lowest BCUT2D eigenvalue weighted by Gasteiger charge is -2.42. The van der Waals surface area contributed by atoms with E-state index in [2.05, 4.69) is 63.4 Å². The molecule has 2 atom stereocenters. The molecule has 0 saturated carbocycles. The summed E-state index contributed by atoms with van der Waals surface area (Å²) < 4.78 is 12.2. The molecule has 31 heavy (non-hydrogen) atoms. The number of rotatable bonds is 7. The summed E-state index contributed by atoms with van der Waals surface area (Å²) in [6.45, 7) is 13.1. The van der Waals surface area contributed by atoms with Crippen LogP contribution in [0.1, 0.15) is 49.8 Å². The van der Waals surface area contributed by atoms with Gasteiger partial charge in [-0.2, -0.15) is 0 Å². The van der Waals surface area contributed by atoms with Gasteiger partial charge in [0.1, 0.15) is 5.76 Å². The average molecular weight is 436 g/mol. The molecule has 4 nitrogen and oxygen atoms in total. The zero-order valence-corrected chi connectivity index (χ0v) is 20.3. The van der Waals surface area contributed by atoms with Crippen LogP contribution in [0.4, 0.5) is 5.69 Å². The van der Waals surface area contributed by atoms with E-state index in [0.717, 1.165) is 16.8 Å². The number of hydrogen-bond donors (Lipinski definition) is 1. The molecule has 2 aromatic carbocycles. The molecule has 0 amide bonds. The van der Waals surface area contributed by atoms with Gasteiger partial charge in [-0.25, -0.2) is 4.79 Å². The molecule has 0 unspecified atom stereocenters. The molecule has 1 aromatic heterocycles. The number of hydrogen-bond acceptors (Lipinski definition) is 4. The van der Waals surface area contributed by atoms with Crippen LogP contribution in [0.25, 0.3) is 0 Å². The van der Waals surface area contributed by atoms with E-state index in [1.54, 1.807) is 6.92 Å². The molecule has 1 heterocycles. The quantitative estimate of drug-likeness (QED) is 0.412. The van der Waals surface area contributed by atoms with Crippen molar-refractivity contribution in [3.63, 3.8) is 0 Å². The first-order valence-corrected chi connectivity index (χ1v) is 13.6. The van der Waals surface area contributed by atoms with Crippen molar-refractivity contribution in [3.05, 3.63) is 100 Å². The highest BCUT2D eigenvalue weighted by atomic mass is 28.4. The number of nitrogens with one attached hydrogen (secondary N) is 1. The molecule has 0 spiro atoms. The first-order chi connectivity index (χ1) is 14.6. The minimum absolute atomic E-state index is 0.0612. The second-order valence-electron chi connectivity index (χ2n) is 9.52. The average Bonchev–Trinajstić information content (AvgIpc) is 2.70. The molecule has 0 aliphatic rings. The summed E-state index contributed by atoms with van der Waals surface area (Å²) in [5.41, 5.74) is 2.56. The summed E-state index contributed by atoms with van der Waals surface area (Å²) in [7, 11) is -2.11. The second-order valence-corrected chi connectivity index (χ2v) is 14.3. The van der Waals surface area contributed by atoms with Crippen molar-refractivity contribution in [3.8, 4) is 0 Å². The Morgan fingerprint density at radius 3 is 1.97 bits per heavy atom. The van der Waals surface area contributed by atoms with Gasteiger partial charge in [0.15, 0.2) is 8.32 Å². The van der Waals surface area contributed by atoms with Gasteiger partial charge in [-0.15, -0.1) is 0 Å². The summed E-state index contributed by atoms with van der Waals surface area (Å²) in [6.07, 6.45) is -0.225. The van der Waals surface area contributed by atoms with Gasteiger partial charge in [0.05, 0.1) is 12.1 Å². The van der Waals surface area contributed by atoms with E-state index in [1.165, 1.54) is 6.07 Å². The second kappa shape index (κ2) is 9.24. The first-order valence-electron chi connectivity index (χ1n) is 10.7. The summed E-state index contributed by atoms with van der Waals surface area (Å²) in [5.74, 6) is 0.573. The van der Waals surface area contributed by atoms with Gasteiger partial charge >= 0.3 is 5.63 Å².